The molecule has 3 rings (SSSR count). The molecule has 0 atom stereocenters. The monoisotopic (exact) mass is 361 g/mol. The summed E-state index contributed by atoms with van der Waals surface area (Å²) in [7, 11) is 0. The second-order valence-corrected chi connectivity index (χ2v) is 5.66. The number of carbonyl (C=O) groups excluding carboxylic acids is 1. The highest BCUT2D eigenvalue weighted by Crippen LogP contribution is 2.17. The van der Waals surface area contributed by atoms with Crippen molar-refractivity contribution in [3.05, 3.63) is 81.4 Å². The lowest BCUT2D eigenvalue weighted by Crippen LogP contribution is -2.21. The second kappa shape index (κ2) is 7.03. The van der Waals surface area contributed by atoms with E-state index >= 15 is 0 Å². The number of rotatable bonds is 4. The average molecular weight is 361 g/mol. The average Bonchev–Trinajstić information content (AvgIpc) is 2.56. The van der Waals surface area contributed by atoms with E-state index in [1.165, 1.54) is 16.8 Å². The molecule has 0 fully saturated rings. The number of aromatic nitrogens is 1. The van der Waals surface area contributed by atoms with Gasteiger partial charge in [0.25, 0.3) is 0 Å². The van der Waals surface area contributed by atoms with E-state index < -0.39 is 28.8 Å². The maximum Gasteiger partial charge on any atom is 0.343 e. The molecule has 0 aliphatic rings. The molecule has 0 bridgehead atoms. The van der Waals surface area contributed by atoms with Gasteiger partial charge in [-0.1, -0.05) is 0 Å². The summed E-state index contributed by atoms with van der Waals surface area (Å²) >= 11 is 0. The highest BCUT2D eigenvalue weighted by molar-refractivity contribution is 5.93. The highest BCUT2D eigenvalue weighted by Gasteiger charge is 2.17. The van der Waals surface area contributed by atoms with Crippen molar-refractivity contribution in [3.8, 4) is 0 Å². The van der Waals surface area contributed by atoms with Crippen LogP contribution < -0.4 is 5.43 Å². The smallest absolute Gasteiger partial charge is 0.343 e. The van der Waals surface area contributed by atoms with E-state index in [1.54, 1.807) is 6.92 Å². The molecular weight excluding hydrogens is 347 g/mol. The predicted molar refractivity (Wildman–Crippen MR) is 89.6 cm³/mol. The van der Waals surface area contributed by atoms with Crippen molar-refractivity contribution < 1.29 is 22.7 Å². The standard InChI is InChI=1S/C19H14F3NO3/c1-2-26-19(25)16-10-23(9-11-5-13(21)7-14(22)6-11)17-8-12(20)3-4-15(17)18(16)24/h3-8,10H,2,9H2,1H3. The molecule has 0 aliphatic heterocycles. The zero-order chi connectivity index (χ0) is 18.8. The number of halogens is 3. The lowest BCUT2D eigenvalue weighted by atomic mass is 10.1. The molecule has 7 heteroatoms. The number of ether oxygens (including phenoxy) is 1. The molecule has 1 aromatic heterocycles. The van der Waals surface area contributed by atoms with Gasteiger partial charge in [0.15, 0.2) is 0 Å². The largest absolute Gasteiger partial charge is 0.462 e. The number of hydrogen-bond acceptors (Lipinski definition) is 3. The number of fused-ring (bicyclic) bond motifs is 1. The minimum absolute atomic E-state index is 0.0681. The number of benzene rings is 2. The van der Waals surface area contributed by atoms with Crippen molar-refractivity contribution in [1.29, 1.82) is 0 Å². The number of nitrogens with zero attached hydrogens (tertiary/aromatic N) is 1. The van der Waals surface area contributed by atoms with Crippen molar-refractivity contribution in [3.63, 3.8) is 0 Å². The Labute approximate surface area is 146 Å². The van der Waals surface area contributed by atoms with E-state index in [0.29, 0.717) is 0 Å². The van der Waals surface area contributed by atoms with Gasteiger partial charge < -0.3 is 9.30 Å². The highest BCUT2D eigenvalue weighted by atomic mass is 19.1. The number of hydrogen-bond donors (Lipinski definition) is 0. The van der Waals surface area contributed by atoms with E-state index in [4.69, 9.17) is 4.74 Å². The first-order valence-electron chi connectivity index (χ1n) is 7.84. The van der Waals surface area contributed by atoms with E-state index in [2.05, 4.69) is 0 Å². The molecule has 0 amide bonds. The minimum atomic E-state index is -0.817. The van der Waals surface area contributed by atoms with Crippen LogP contribution in [0.2, 0.25) is 0 Å². The molecule has 0 unspecified atom stereocenters. The van der Waals surface area contributed by atoms with Crippen molar-refractivity contribution in [2.75, 3.05) is 6.61 Å². The normalized spacial score (nSPS) is 10.9. The maximum absolute atomic E-state index is 13.7. The first-order valence-corrected chi connectivity index (χ1v) is 7.84. The third-order valence-corrected chi connectivity index (χ3v) is 3.81. The van der Waals surface area contributed by atoms with E-state index in [9.17, 15) is 22.8 Å². The van der Waals surface area contributed by atoms with Crippen molar-refractivity contribution >= 4 is 16.9 Å². The number of pyridine rings is 1. The van der Waals surface area contributed by atoms with Crippen molar-refractivity contribution in [1.82, 2.24) is 4.57 Å². The Kier molecular flexibility index (Phi) is 4.79. The maximum atomic E-state index is 13.7. The summed E-state index contributed by atoms with van der Waals surface area (Å²) in [5.41, 5.74) is -0.373. The van der Waals surface area contributed by atoms with E-state index in [-0.39, 0.29) is 35.2 Å². The van der Waals surface area contributed by atoms with Crippen molar-refractivity contribution in [2.24, 2.45) is 0 Å². The molecule has 3 aromatic rings. The van der Waals surface area contributed by atoms with Crippen LogP contribution in [0.4, 0.5) is 13.2 Å². The summed E-state index contributed by atoms with van der Waals surface area (Å²) < 4.78 is 46.8. The first-order chi connectivity index (χ1) is 12.4. The van der Waals surface area contributed by atoms with Crippen LogP contribution in [-0.4, -0.2) is 17.1 Å². The topological polar surface area (TPSA) is 48.3 Å². The lowest BCUT2D eigenvalue weighted by Gasteiger charge is -2.14. The third kappa shape index (κ3) is 3.46. The fourth-order valence-corrected chi connectivity index (χ4v) is 2.75. The van der Waals surface area contributed by atoms with Gasteiger partial charge in [0, 0.05) is 24.2 Å². The van der Waals surface area contributed by atoms with Gasteiger partial charge in [-0.15, -0.1) is 0 Å². The molecular formula is C19H14F3NO3. The molecule has 134 valence electrons. The summed E-state index contributed by atoms with van der Waals surface area (Å²) in [6, 6.07) is 6.47. The van der Waals surface area contributed by atoms with Crippen LogP contribution in [0.3, 0.4) is 0 Å². The first kappa shape index (κ1) is 17.7. The van der Waals surface area contributed by atoms with Gasteiger partial charge in [-0.2, -0.15) is 0 Å². The van der Waals surface area contributed by atoms with Gasteiger partial charge >= 0.3 is 5.97 Å². The number of esters is 1. The Balaban J connectivity index is 2.21. The SMILES string of the molecule is CCOC(=O)c1cn(Cc2cc(F)cc(F)c2)c2cc(F)ccc2c1=O. The van der Waals surface area contributed by atoms with Crippen LogP contribution in [0.5, 0.6) is 0 Å². The molecule has 0 radical (unpaired) electrons. The zero-order valence-corrected chi connectivity index (χ0v) is 13.8. The minimum Gasteiger partial charge on any atom is -0.462 e. The van der Waals surface area contributed by atoms with Gasteiger partial charge in [0.05, 0.1) is 12.1 Å². The van der Waals surface area contributed by atoms with Gasteiger partial charge in [-0.3, -0.25) is 4.79 Å². The molecule has 0 saturated carbocycles. The van der Waals surface area contributed by atoms with Crippen LogP contribution in [0, 0.1) is 17.5 Å². The van der Waals surface area contributed by atoms with Gasteiger partial charge in [-0.25, -0.2) is 18.0 Å². The Hall–Kier alpha value is -3.09. The fraction of sp³-hybridized carbons (Fsp3) is 0.158. The number of carbonyl (C=O) groups is 1. The van der Waals surface area contributed by atoms with Crippen LogP contribution in [0.1, 0.15) is 22.8 Å². The second-order valence-electron chi connectivity index (χ2n) is 5.66. The van der Waals surface area contributed by atoms with Gasteiger partial charge in [-0.05, 0) is 42.8 Å². The quantitative estimate of drug-likeness (QED) is 0.667. The lowest BCUT2D eigenvalue weighted by molar-refractivity contribution is 0.0524. The molecule has 2 aromatic carbocycles. The summed E-state index contributed by atoms with van der Waals surface area (Å²) in [4.78, 5) is 24.6. The van der Waals surface area contributed by atoms with Crippen LogP contribution in [0.25, 0.3) is 10.9 Å². The fourth-order valence-electron chi connectivity index (χ4n) is 2.75. The van der Waals surface area contributed by atoms with Crippen LogP contribution >= 0.6 is 0 Å². The van der Waals surface area contributed by atoms with Crippen LogP contribution in [-0.2, 0) is 11.3 Å². The summed E-state index contributed by atoms with van der Waals surface area (Å²) in [5.74, 6) is -2.92. The Morgan fingerprint density at radius 1 is 1.04 bits per heavy atom. The molecule has 0 saturated heterocycles. The van der Waals surface area contributed by atoms with E-state index in [1.807, 2.05) is 0 Å². The Morgan fingerprint density at radius 2 is 1.73 bits per heavy atom. The summed E-state index contributed by atoms with van der Waals surface area (Å²) in [5, 5.41) is 0.105. The predicted octanol–water partition coefficient (Wildman–Crippen LogP) is 3.64. The molecule has 0 aliphatic carbocycles. The zero-order valence-electron chi connectivity index (χ0n) is 13.8. The molecule has 0 spiro atoms. The van der Waals surface area contributed by atoms with E-state index in [0.717, 1.165) is 30.3 Å². The third-order valence-electron chi connectivity index (χ3n) is 3.81. The van der Waals surface area contributed by atoms with Crippen molar-refractivity contribution in [2.45, 2.75) is 13.5 Å². The summed E-state index contributed by atoms with van der Waals surface area (Å²) in [6.07, 6.45) is 1.21. The Morgan fingerprint density at radius 3 is 2.38 bits per heavy atom. The molecule has 4 nitrogen and oxygen atoms in total. The van der Waals surface area contributed by atoms with Crippen LogP contribution in [0.15, 0.2) is 47.4 Å². The summed E-state index contributed by atoms with van der Waals surface area (Å²) in [6.45, 7) is 1.61. The van der Waals surface area contributed by atoms with Gasteiger partial charge in [0.2, 0.25) is 5.43 Å². The molecule has 26 heavy (non-hydrogen) atoms. The van der Waals surface area contributed by atoms with Gasteiger partial charge in [0.1, 0.15) is 23.0 Å². The molecule has 0 N–H and O–H groups in total. The Bertz CT molecular complexity index is 1040. The molecule has 1 heterocycles.